The molecule has 0 aliphatic rings. The Morgan fingerprint density at radius 3 is 2.60 bits per heavy atom. The lowest BCUT2D eigenvalue weighted by Crippen LogP contribution is -2.13. The number of nitrogens with one attached hydrogen (secondary N) is 1. The molecular weight excluding hydrogens is 278 g/mol. The average Bonchev–Trinajstić information content (AvgIpc) is 2.45. The molecule has 0 unspecified atom stereocenters. The lowest BCUT2D eigenvalue weighted by atomic mass is 10.1. The molecule has 3 N–H and O–H groups in total. The minimum atomic E-state index is -0.125. The molecule has 106 valence electrons. The van der Waals surface area contributed by atoms with E-state index in [9.17, 15) is 10.2 Å². The Kier molecular flexibility index (Phi) is 4.71. The van der Waals surface area contributed by atoms with Gasteiger partial charge in [0.15, 0.2) is 11.5 Å². The predicted molar refractivity (Wildman–Crippen MR) is 78.3 cm³/mol. The zero-order valence-corrected chi connectivity index (χ0v) is 11.8. The summed E-state index contributed by atoms with van der Waals surface area (Å²) >= 11 is 6.14. The van der Waals surface area contributed by atoms with Crippen LogP contribution < -0.4 is 10.1 Å². The first-order valence-electron chi connectivity index (χ1n) is 6.15. The number of phenolic OH excluding ortho intramolecular Hbond substituents is 2. The standard InChI is InChI=1S/C15H16ClNO3/c1-20-14-7-3-5-12(16)11(14)9-17-8-10-4-2-6-13(18)15(10)19/h2-7,17-19H,8-9H2,1H3. The number of hydrogen-bond donors (Lipinski definition) is 3. The largest absolute Gasteiger partial charge is 0.504 e. The van der Waals surface area contributed by atoms with E-state index in [1.165, 1.54) is 6.07 Å². The molecule has 5 heteroatoms. The summed E-state index contributed by atoms with van der Waals surface area (Å²) in [7, 11) is 1.59. The highest BCUT2D eigenvalue weighted by molar-refractivity contribution is 6.31. The van der Waals surface area contributed by atoms with Crippen LogP contribution in [0, 0.1) is 0 Å². The lowest BCUT2D eigenvalue weighted by molar-refractivity contribution is 0.396. The van der Waals surface area contributed by atoms with Gasteiger partial charge in [0.05, 0.1) is 7.11 Å². The van der Waals surface area contributed by atoms with E-state index in [-0.39, 0.29) is 11.5 Å². The van der Waals surface area contributed by atoms with Crippen molar-refractivity contribution in [1.29, 1.82) is 0 Å². The van der Waals surface area contributed by atoms with Gasteiger partial charge >= 0.3 is 0 Å². The molecule has 2 aromatic rings. The van der Waals surface area contributed by atoms with Crippen molar-refractivity contribution in [3.63, 3.8) is 0 Å². The highest BCUT2D eigenvalue weighted by Gasteiger charge is 2.09. The third-order valence-corrected chi connectivity index (χ3v) is 3.37. The molecule has 0 amide bonds. The first-order valence-corrected chi connectivity index (χ1v) is 6.53. The van der Waals surface area contributed by atoms with Crippen LogP contribution in [0.25, 0.3) is 0 Å². The number of ether oxygens (including phenoxy) is 1. The predicted octanol–water partition coefficient (Wildman–Crippen LogP) is 3.05. The Morgan fingerprint density at radius 1 is 1.10 bits per heavy atom. The summed E-state index contributed by atoms with van der Waals surface area (Å²) < 4.78 is 5.26. The van der Waals surface area contributed by atoms with E-state index in [2.05, 4.69) is 5.32 Å². The second-order valence-corrected chi connectivity index (χ2v) is 4.72. The molecule has 0 radical (unpaired) electrons. The van der Waals surface area contributed by atoms with Crippen LogP contribution in [0.15, 0.2) is 36.4 Å². The molecule has 0 saturated carbocycles. The minimum absolute atomic E-state index is 0.105. The molecule has 0 aliphatic carbocycles. The third-order valence-electron chi connectivity index (χ3n) is 3.01. The molecule has 0 aliphatic heterocycles. The summed E-state index contributed by atoms with van der Waals surface area (Å²) in [5.74, 6) is 0.482. The quantitative estimate of drug-likeness (QED) is 0.742. The molecule has 0 aromatic heterocycles. The molecule has 0 spiro atoms. The van der Waals surface area contributed by atoms with E-state index in [1.807, 2.05) is 12.1 Å². The van der Waals surface area contributed by atoms with Gasteiger partial charge in [-0.05, 0) is 18.2 Å². The van der Waals surface area contributed by atoms with E-state index >= 15 is 0 Å². The maximum absolute atomic E-state index is 9.71. The summed E-state index contributed by atoms with van der Waals surface area (Å²) in [6.45, 7) is 0.909. The van der Waals surface area contributed by atoms with Gasteiger partial charge < -0.3 is 20.3 Å². The number of halogens is 1. The highest BCUT2D eigenvalue weighted by atomic mass is 35.5. The Morgan fingerprint density at radius 2 is 1.85 bits per heavy atom. The number of hydrogen-bond acceptors (Lipinski definition) is 4. The van der Waals surface area contributed by atoms with Crippen molar-refractivity contribution in [3.05, 3.63) is 52.5 Å². The zero-order valence-electron chi connectivity index (χ0n) is 11.1. The van der Waals surface area contributed by atoms with E-state index in [4.69, 9.17) is 16.3 Å². The monoisotopic (exact) mass is 293 g/mol. The Labute approximate surface area is 122 Å². The van der Waals surface area contributed by atoms with E-state index < -0.39 is 0 Å². The molecule has 0 fully saturated rings. The van der Waals surface area contributed by atoms with Crippen LogP contribution >= 0.6 is 11.6 Å². The van der Waals surface area contributed by atoms with Crippen LogP contribution in [0.4, 0.5) is 0 Å². The summed E-state index contributed by atoms with van der Waals surface area (Å²) in [6.07, 6.45) is 0. The summed E-state index contributed by atoms with van der Waals surface area (Å²) in [4.78, 5) is 0. The van der Waals surface area contributed by atoms with Crippen LogP contribution in [0.3, 0.4) is 0 Å². The Hall–Kier alpha value is -1.91. The second kappa shape index (κ2) is 6.50. The molecule has 0 atom stereocenters. The van der Waals surface area contributed by atoms with E-state index in [0.29, 0.717) is 29.4 Å². The number of phenols is 2. The first-order chi connectivity index (χ1) is 9.63. The van der Waals surface area contributed by atoms with Gasteiger partial charge in [0, 0.05) is 29.2 Å². The topological polar surface area (TPSA) is 61.7 Å². The summed E-state index contributed by atoms with van der Waals surface area (Å²) in [5, 5.41) is 22.9. The maximum Gasteiger partial charge on any atom is 0.161 e. The van der Waals surface area contributed by atoms with Crippen molar-refractivity contribution >= 4 is 11.6 Å². The summed E-state index contributed by atoms with van der Waals surface area (Å²) in [5.41, 5.74) is 1.48. The third kappa shape index (κ3) is 3.15. The van der Waals surface area contributed by atoms with Crippen molar-refractivity contribution in [2.75, 3.05) is 7.11 Å². The van der Waals surface area contributed by atoms with Gasteiger partial charge in [0.1, 0.15) is 5.75 Å². The molecule has 0 heterocycles. The van der Waals surface area contributed by atoms with Crippen molar-refractivity contribution in [3.8, 4) is 17.2 Å². The maximum atomic E-state index is 9.71. The molecule has 0 saturated heterocycles. The number of aromatic hydroxyl groups is 2. The number of benzene rings is 2. The smallest absolute Gasteiger partial charge is 0.161 e. The van der Waals surface area contributed by atoms with Crippen molar-refractivity contribution in [2.45, 2.75) is 13.1 Å². The Balaban J connectivity index is 2.05. The Bertz CT molecular complexity index is 602. The molecule has 0 bridgehead atoms. The fourth-order valence-corrected chi connectivity index (χ4v) is 2.18. The van der Waals surface area contributed by atoms with Gasteiger partial charge in [0.25, 0.3) is 0 Å². The van der Waals surface area contributed by atoms with Crippen molar-refractivity contribution in [2.24, 2.45) is 0 Å². The second-order valence-electron chi connectivity index (χ2n) is 4.31. The average molecular weight is 294 g/mol. The van der Waals surface area contributed by atoms with Crippen LogP contribution in [-0.2, 0) is 13.1 Å². The first kappa shape index (κ1) is 14.5. The number of rotatable bonds is 5. The molecule has 2 rings (SSSR count). The van der Waals surface area contributed by atoms with Crippen LogP contribution in [0.5, 0.6) is 17.2 Å². The summed E-state index contributed by atoms with van der Waals surface area (Å²) in [6, 6.07) is 10.3. The van der Waals surface area contributed by atoms with Crippen LogP contribution in [0.2, 0.25) is 5.02 Å². The van der Waals surface area contributed by atoms with Gasteiger partial charge in [-0.2, -0.15) is 0 Å². The van der Waals surface area contributed by atoms with Gasteiger partial charge in [-0.15, -0.1) is 0 Å². The normalized spacial score (nSPS) is 10.5. The SMILES string of the molecule is COc1cccc(Cl)c1CNCc1cccc(O)c1O. The van der Waals surface area contributed by atoms with Crippen LogP contribution in [0.1, 0.15) is 11.1 Å². The number of para-hydroxylation sites is 1. The fourth-order valence-electron chi connectivity index (χ4n) is 1.94. The van der Waals surface area contributed by atoms with Crippen LogP contribution in [-0.4, -0.2) is 17.3 Å². The minimum Gasteiger partial charge on any atom is -0.504 e. The van der Waals surface area contributed by atoms with Crippen molar-refractivity contribution in [1.82, 2.24) is 5.32 Å². The van der Waals surface area contributed by atoms with Gasteiger partial charge in [0.2, 0.25) is 0 Å². The van der Waals surface area contributed by atoms with E-state index in [0.717, 1.165) is 5.56 Å². The molecule has 4 nitrogen and oxygen atoms in total. The molecule has 20 heavy (non-hydrogen) atoms. The van der Waals surface area contributed by atoms with Gasteiger partial charge in [-0.1, -0.05) is 29.8 Å². The van der Waals surface area contributed by atoms with Crippen molar-refractivity contribution < 1.29 is 14.9 Å². The zero-order chi connectivity index (χ0) is 14.5. The lowest BCUT2D eigenvalue weighted by Gasteiger charge is -2.12. The van der Waals surface area contributed by atoms with E-state index in [1.54, 1.807) is 25.3 Å². The number of methoxy groups -OCH3 is 1. The molecule has 2 aromatic carbocycles. The highest BCUT2D eigenvalue weighted by Crippen LogP contribution is 2.29. The van der Waals surface area contributed by atoms with Gasteiger partial charge in [-0.3, -0.25) is 0 Å². The van der Waals surface area contributed by atoms with Gasteiger partial charge in [-0.25, -0.2) is 0 Å². The molecular formula is C15H16ClNO3. The fraction of sp³-hybridized carbons (Fsp3) is 0.200.